The standard InChI is InChI=1S/C26H44O4.C25H42O4/c1-6-17-21-14-16(27)9-11-26(21,4)20-10-12-25(3)18(15(2)13-22(28)30-5)7-8-19(25)23(20)24(17)29;1-5-16-20-13-15(26)8-10-25(20,4)19-9-11-24(3)17(14(2)12-21(27)28)6-7-18(24)22(19)23(16)29/h15-21,23-24,27,29H,6-14H2,1-5H3;14-20,22-23,26,29H,5-13H2,1-4H3,(H,27,28)/t15-,16-,17-,18-,19?,20?,21?,23?,24-,25-,26-;14-,15-,16-,17-,18?,19?,20?,22?,23-,24-,25-/m11/s1. The second kappa shape index (κ2) is 17.1. The smallest absolute Gasteiger partial charge is 0.305 e. The van der Waals surface area contributed by atoms with Crippen molar-refractivity contribution in [1.82, 2.24) is 0 Å². The van der Waals surface area contributed by atoms with E-state index in [1.54, 1.807) is 0 Å². The largest absolute Gasteiger partial charge is 0.481 e. The van der Waals surface area contributed by atoms with Crippen molar-refractivity contribution >= 4 is 11.9 Å². The molecule has 0 aromatic carbocycles. The molecule has 5 N–H and O–H groups in total. The maximum absolute atomic E-state index is 11.9. The first-order chi connectivity index (χ1) is 27.8. The van der Waals surface area contributed by atoms with Crippen molar-refractivity contribution in [2.75, 3.05) is 7.11 Å². The average Bonchev–Trinajstić information content (AvgIpc) is 3.73. The van der Waals surface area contributed by atoms with Crippen LogP contribution < -0.4 is 0 Å². The SMILES string of the molecule is CC[C@@H]1C2C[C@H](O)CC[C@]2(C)C2CC[C@@]3(C)C(CC[C@@H]3[C@H](C)CC(=O)O)C2[C@@H]1O.CC[C@@H]1C2C[C@H](O)CC[C@]2(C)C2CC[C@@]3(C)C(CC[C@@H]3[C@H](C)CC(=O)OC)C2[C@@H]1O. The minimum absolute atomic E-state index is 0.0944. The number of carbonyl (C=O) groups excluding carboxylic acids is 1. The van der Waals surface area contributed by atoms with Gasteiger partial charge in [0.05, 0.1) is 31.5 Å². The molecule has 0 amide bonds. The molecule has 8 aliphatic carbocycles. The number of aliphatic carboxylic acids is 1. The van der Waals surface area contributed by atoms with E-state index >= 15 is 0 Å². The van der Waals surface area contributed by atoms with Crippen LogP contribution in [0.15, 0.2) is 0 Å². The van der Waals surface area contributed by atoms with E-state index in [9.17, 15) is 35.1 Å². The predicted molar refractivity (Wildman–Crippen MR) is 231 cm³/mol. The van der Waals surface area contributed by atoms with Crippen LogP contribution in [0.25, 0.3) is 0 Å². The van der Waals surface area contributed by atoms with Gasteiger partial charge in [-0.3, -0.25) is 9.59 Å². The number of carbonyl (C=O) groups is 2. The van der Waals surface area contributed by atoms with E-state index < -0.39 is 5.97 Å². The highest BCUT2D eigenvalue weighted by molar-refractivity contribution is 5.69. The normalized spacial score (nSPS) is 52.2. The van der Waals surface area contributed by atoms with Gasteiger partial charge in [-0.2, -0.15) is 0 Å². The summed E-state index contributed by atoms with van der Waals surface area (Å²) in [6, 6.07) is 0. The van der Waals surface area contributed by atoms with E-state index in [4.69, 9.17) is 4.74 Å². The van der Waals surface area contributed by atoms with E-state index in [2.05, 4.69) is 55.4 Å². The molecule has 8 heteroatoms. The first-order valence-electron chi connectivity index (χ1n) is 24.8. The van der Waals surface area contributed by atoms with Gasteiger partial charge in [-0.15, -0.1) is 0 Å². The van der Waals surface area contributed by atoms with Crippen LogP contribution in [0.3, 0.4) is 0 Å². The number of carboxylic acid groups (broad SMARTS) is 1. The highest BCUT2D eigenvalue weighted by Crippen LogP contribution is 2.71. The lowest BCUT2D eigenvalue weighted by Crippen LogP contribution is -2.62. The summed E-state index contributed by atoms with van der Waals surface area (Å²) in [5, 5.41) is 53.5. The Labute approximate surface area is 357 Å². The van der Waals surface area contributed by atoms with E-state index in [0.717, 1.165) is 70.6 Å². The average molecular weight is 827 g/mol. The maximum Gasteiger partial charge on any atom is 0.305 e. The van der Waals surface area contributed by atoms with Crippen LogP contribution in [0.2, 0.25) is 0 Å². The van der Waals surface area contributed by atoms with Gasteiger partial charge in [0, 0.05) is 12.8 Å². The Morgan fingerprint density at radius 2 is 0.932 bits per heavy atom. The molecule has 8 fully saturated rings. The fourth-order valence-corrected chi connectivity index (χ4v) is 18.8. The third kappa shape index (κ3) is 7.49. The Hall–Kier alpha value is -1.22. The van der Waals surface area contributed by atoms with Crippen molar-refractivity contribution in [2.24, 2.45) is 105 Å². The first-order valence-corrected chi connectivity index (χ1v) is 24.8. The highest BCUT2D eigenvalue weighted by atomic mass is 16.5. The Morgan fingerprint density at radius 3 is 1.31 bits per heavy atom. The minimum atomic E-state index is -0.682. The number of carboxylic acids is 1. The number of hydrogen-bond acceptors (Lipinski definition) is 7. The maximum atomic E-state index is 11.9. The number of ether oxygens (including phenoxy) is 1. The van der Waals surface area contributed by atoms with Gasteiger partial charge in [0.15, 0.2) is 0 Å². The van der Waals surface area contributed by atoms with Gasteiger partial charge < -0.3 is 30.3 Å². The van der Waals surface area contributed by atoms with Gasteiger partial charge in [-0.25, -0.2) is 0 Å². The monoisotopic (exact) mass is 827 g/mol. The molecule has 0 aromatic rings. The molecule has 0 saturated heterocycles. The minimum Gasteiger partial charge on any atom is -0.481 e. The van der Waals surface area contributed by atoms with Crippen molar-refractivity contribution < 1.29 is 39.9 Å². The van der Waals surface area contributed by atoms with E-state index in [-0.39, 0.29) is 70.3 Å². The fourth-order valence-electron chi connectivity index (χ4n) is 18.8. The zero-order valence-electron chi connectivity index (χ0n) is 38.6. The van der Waals surface area contributed by atoms with Crippen molar-refractivity contribution in [3.05, 3.63) is 0 Å². The summed E-state index contributed by atoms with van der Waals surface area (Å²) in [6.45, 7) is 18.6. The molecule has 8 aliphatic rings. The number of hydrogen-bond donors (Lipinski definition) is 5. The molecule has 8 rings (SSSR count). The zero-order valence-corrected chi connectivity index (χ0v) is 38.6. The van der Waals surface area contributed by atoms with Gasteiger partial charge >= 0.3 is 11.9 Å². The quantitative estimate of drug-likeness (QED) is 0.152. The van der Waals surface area contributed by atoms with Crippen molar-refractivity contribution in [3.8, 4) is 0 Å². The molecule has 0 heterocycles. The van der Waals surface area contributed by atoms with Gasteiger partial charge in [-0.1, -0.05) is 68.2 Å². The van der Waals surface area contributed by atoms with E-state index in [1.807, 2.05) is 0 Å². The van der Waals surface area contributed by atoms with Crippen LogP contribution >= 0.6 is 0 Å². The summed E-state index contributed by atoms with van der Waals surface area (Å²) in [5.74, 6) is 5.12. The third-order valence-corrected chi connectivity index (χ3v) is 21.5. The van der Waals surface area contributed by atoms with Crippen LogP contribution in [-0.4, -0.2) is 69.0 Å². The van der Waals surface area contributed by atoms with Crippen molar-refractivity contribution in [3.63, 3.8) is 0 Å². The van der Waals surface area contributed by atoms with Crippen LogP contribution in [-0.2, 0) is 14.3 Å². The van der Waals surface area contributed by atoms with E-state index in [0.29, 0.717) is 77.4 Å². The Balaban J connectivity index is 0.000000179. The number of aliphatic hydroxyl groups excluding tert-OH is 4. The molecular formula is C51H86O8. The molecule has 8 unspecified atom stereocenters. The van der Waals surface area contributed by atoms with Gasteiger partial charge in [0.25, 0.3) is 0 Å². The molecule has 8 saturated carbocycles. The molecule has 0 spiro atoms. The Kier molecular flexibility index (Phi) is 13.2. The third-order valence-electron chi connectivity index (χ3n) is 21.5. The number of rotatable bonds is 8. The lowest BCUT2D eigenvalue weighted by Gasteiger charge is -2.64. The zero-order chi connectivity index (χ0) is 43.0. The van der Waals surface area contributed by atoms with Gasteiger partial charge in [0.1, 0.15) is 0 Å². The summed E-state index contributed by atoms with van der Waals surface area (Å²) in [4.78, 5) is 23.3. The van der Waals surface area contributed by atoms with Crippen LogP contribution in [0.5, 0.6) is 0 Å². The van der Waals surface area contributed by atoms with Crippen LogP contribution in [0.4, 0.5) is 0 Å². The van der Waals surface area contributed by atoms with Crippen molar-refractivity contribution in [1.29, 1.82) is 0 Å². The predicted octanol–water partition coefficient (Wildman–Crippen LogP) is 9.54. The Morgan fingerprint density at radius 1 is 0.559 bits per heavy atom. The first kappa shape index (κ1) is 45.8. The second-order valence-corrected chi connectivity index (χ2v) is 23.6. The molecule has 0 aromatic heterocycles. The number of aliphatic hydroxyl groups is 4. The summed E-state index contributed by atoms with van der Waals surface area (Å²) in [5.41, 5.74) is 0.856. The van der Waals surface area contributed by atoms with E-state index in [1.165, 1.54) is 39.2 Å². The number of esters is 1. The summed E-state index contributed by atoms with van der Waals surface area (Å²) < 4.78 is 4.96. The molecule has 8 nitrogen and oxygen atoms in total. The molecule has 59 heavy (non-hydrogen) atoms. The summed E-state index contributed by atoms with van der Waals surface area (Å²) in [7, 11) is 1.49. The molecule has 0 bridgehead atoms. The second-order valence-electron chi connectivity index (χ2n) is 23.6. The number of fused-ring (bicyclic) bond motifs is 10. The lowest BCUT2D eigenvalue weighted by molar-refractivity contribution is -0.203. The molecule has 0 aliphatic heterocycles. The van der Waals surface area contributed by atoms with Crippen LogP contribution in [0.1, 0.15) is 171 Å². The summed E-state index contributed by atoms with van der Waals surface area (Å²) >= 11 is 0. The highest BCUT2D eigenvalue weighted by Gasteiger charge is 2.67. The fraction of sp³-hybridized carbons (Fsp3) is 0.961. The van der Waals surface area contributed by atoms with Crippen molar-refractivity contribution in [2.45, 2.75) is 195 Å². The van der Waals surface area contributed by atoms with Gasteiger partial charge in [-0.05, 0) is 194 Å². The molecule has 22 atom stereocenters. The Bertz CT molecular complexity index is 1500. The molecule has 0 radical (unpaired) electrons. The lowest BCUT2D eigenvalue weighted by atomic mass is 9.41. The summed E-state index contributed by atoms with van der Waals surface area (Å²) in [6.07, 6.45) is 16.9. The van der Waals surface area contributed by atoms with Crippen LogP contribution in [0, 0.1) is 105 Å². The number of methoxy groups -OCH3 is 1. The topological polar surface area (TPSA) is 145 Å². The molecular weight excluding hydrogens is 741 g/mol. The molecule has 338 valence electrons. The van der Waals surface area contributed by atoms with Gasteiger partial charge in [0.2, 0.25) is 0 Å².